The number of carbonyl (C=O) groups excluding carboxylic acids is 3. The van der Waals surface area contributed by atoms with Gasteiger partial charge in [0.1, 0.15) is 0 Å². The summed E-state index contributed by atoms with van der Waals surface area (Å²) in [6.45, 7) is 9.90. The number of amides is 4. The summed E-state index contributed by atoms with van der Waals surface area (Å²) in [6, 6.07) is 22.1. The third-order valence-corrected chi connectivity index (χ3v) is 10.1. The van der Waals surface area contributed by atoms with Crippen molar-refractivity contribution in [3.63, 3.8) is 0 Å². The molecule has 3 aromatic carbocycles. The second-order valence-electron chi connectivity index (χ2n) is 13.4. The molecule has 3 fully saturated rings. The van der Waals surface area contributed by atoms with E-state index in [1.54, 1.807) is 0 Å². The van der Waals surface area contributed by atoms with E-state index >= 15 is 0 Å². The molecule has 2 heterocycles. The van der Waals surface area contributed by atoms with Crippen LogP contribution in [0.25, 0.3) is 0 Å². The van der Waals surface area contributed by atoms with Gasteiger partial charge in [0.2, 0.25) is 5.91 Å². The second-order valence-corrected chi connectivity index (χ2v) is 13.4. The van der Waals surface area contributed by atoms with Gasteiger partial charge in [-0.15, -0.1) is 0 Å². The van der Waals surface area contributed by atoms with Crippen LogP contribution in [0.1, 0.15) is 82.3 Å². The first-order valence-corrected chi connectivity index (χ1v) is 16.6. The van der Waals surface area contributed by atoms with Gasteiger partial charge in [0.15, 0.2) is 0 Å². The molecule has 3 aromatic rings. The zero-order chi connectivity index (χ0) is 31.5. The topological polar surface area (TPSA) is 73.0 Å². The van der Waals surface area contributed by atoms with E-state index in [2.05, 4.69) is 67.4 Å². The monoisotopic (exact) mass is 606 g/mol. The summed E-state index contributed by atoms with van der Waals surface area (Å²) in [6.07, 6.45) is 5.60. The average Bonchev–Trinajstić information content (AvgIpc) is 3.04. The highest BCUT2D eigenvalue weighted by Crippen LogP contribution is 2.36. The number of benzene rings is 3. The maximum absolute atomic E-state index is 14.0. The Labute approximate surface area is 267 Å². The van der Waals surface area contributed by atoms with Crippen molar-refractivity contribution in [1.29, 1.82) is 0 Å². The quantitative estimate of drug-likeness (QED) is 0.317. The minimum atomic E-state index is -0.206. The lowest BCUT2D eigenvalue weighted by Crippen LogP contribution is -2.61. The molecule has 7 heteroatoms. The van der Waals surface area contributed by atoms with Crippen LogP contribution in [0.2, 0.25) is 0 Å². The largest absolute Gasteiger partial charge is 0.349 e. The number of likely N-dealkylation sites (tertiary alicyclic amines) is 1. The SMILES string of the molecule is Cc1cc(C)c(CN2C(=O)N(Cc3ccc(C(=O)NC4CCN(Cc5ccccc5)CC4)cc3)C(=O)C3CCCCC32)c(C)c1. The van der Waals surface area contributed by atoms with Crippen LogP contribution in [0.3, 0.4) is 0 Å². The van der Waals surface area contributed by atoms with E-state index in [0.717, 1.165) is 63.7 Å². The summed E-state index contributed by atoms with van der Waals surface area (Å²) in [5, 5.41) is 3.22. The van der Waals surface area contributed by atoms with Crippen molar-refractivity contribution in [3.8, 4) is 0 Å². The zero-order valence-corrected chi connectivity index (χ0v) is 26.9. The van der Waals surface area contributed by atoms with Gasteiger partial charge in [-0.2, -0.15) is 0 Å². The molecule has 3 aliphatic rings. The number of nitrogens with zero attached hydrogens (tertiary/aromatic N) is 3. The van der Waals surface area contributed by atoms with Gasteiger partial charge in [-0.3, -0.25) is 19.4 Å². The molecular formula is C38H46N4O3. The van der Waals surface area contributed by atoms with Crippen LogP contribution in [0, 0.1) is 26.7 Å². The molecule has 0 radical (unpaired) electrons. The molecule has 45 heavy (non-hydrogen) atoms. The van der Waals surface area contributed by atoms with Crippen molar-refractivity contribution in [2.75, 3.05) is 13.1 Å². The van der Waals surface area contributed by atoms with Crippen molar-refractivity contribution in [3.05, 3.63) is 106 Å². The number of nitrogens with one attached hydrogen (secondary N) is 1. The van der Waals surface area contributed by atoms with Crippen LogP contribution in [0.15, 0.2) is 66.7 Å². The highest BCUT2D eigenvalue weighted by Gasteiger charge is 2.47. The fourth-order valence-electron chi connectivity index (χ4n) is 7.61. The number of aryl methyl sites for hydroxylation is 3. The zero-order valence-electron chi connectivity index (χ0n) is 26.9. The Morgan fingerprint density at radius 1 is 0.778 bits per heavy atom. The molecule has 6 rings (SSSR count). The smallest absolute Gasteiger partial charge is 0.327 e. The van der Waals surface area contributed by atoms with Crippen molar-refractivity contribution < 1.29 is 14.4 Å². The minimum Gasteiger partial charge on any atom is -0.349 e. The highest BCUT2D eigenvalue weighted by molar-refractivity contribution is 5.99. The average molecular weight is 607 g/mol. The van der Waals surface area contributed by atoms with Crippen molar-refractivity contribution in [2.24, 2.45) is 5.92 Å². The molecule has 0 spiro atoms. The summed E-state index contributed by atoms with van der Waals surface area (Å²) in [4.78, 5) is 46.6. The van der Waals surface area contributed by atoms with E-state index in [-0.39, 0.29) is 42.4 Å². The number of rotatable bonds is 8. The Balaban J connectivity index is 1.08. The lowest BCUT2D eigenvalue weighted by molar-refractivity contribution is -0.141. The molecule has 4 amide bonds. The fraction of sp³-hybridized carbons (Fsp3) is 0.447. The number of imide groups is 1. The summed E-state index contributed by atoms with van der Waals surface area (Å²) < 4.78 is 0. The molecule has 2 saturated heterocycles. The van der Waals surface area contributed by atoms with E-state index in [9.17, 15) is 14.4 Å². The van der Waals surface area contributed by atoms with Gasteiger partial charge < -0.3 is 10.2 Å². The van der Waals surface area contributed by atoms with Gasteiger partial charge >= 0.3 is 6.03 Å². The third kappa shape index (κ3) is 6.99. The number of carbonyl (C=O) groups is 3. The normalized spacial score (nSPS) is 21.1. The van der Waals surface area contributed by atoms with Gasteiger partial charge in [0, 0.05) is 43.8 Å². The molecule has 2 unspecified atom stereocenters. The molecule has 0 aromatic heterocycles. The van der Waals surface area contributed by atoms with Crippen LogP contribution in [-0.4, -0.2) is 57.7 Å². The maximum Gasteiger partial charge on any atom is 0.327 e. The summed E-state index contributed by atoms with van der Waals surface area (Å²) in [5.41, 5.74) is 7.51. The maximum atomic E-state index is 14.0. The van der Waals surface area contributed by atoms with E-state index < -0.39 is 0 Å². The molecule has 1 saturated carbocycles. The van der Waals surface area contributed by atoms with Crippen LogP contribution >= 0.6 is 0 Å². The Morgan fingerprint density at radius 2 is 1.42 bits per heavy atom. The van der Waals surface area contributed by atoms with Gasteiger partial charge in [0.25, 0.3) is 5.91 Å². The van der Waals surface area contributed by atoms with E-state index in [0.29, 0.717) is 12.1 Å². The lowest BCUT2D eigenvalue weighted by atomic mass is 9.80. The second kappa shape index (κ2) is 13.6. The van der Waals surface area contributed by atoms with Gasteiger partial charge in [-0.1, -0.05) is 73.0 Å². The first-order chi connectivity index (χ1) is 21.8. The molecular weight excluding hydrogens is 560 g/mol. The summed E-state index contributed by atoms with van der Waals surface area (Å²) >= 11 is 0. The lowest BCUT2D eigenvalue weighted by Gasteiger charge is -2.47. The number of urea groups is 1. The predicted molar refractivity (Wildman–Crippen MR) is 177 cm³/mol. The molecule has 7 nitrogen and oxygen atoms in total. The molecule has 1 aliphatic carbocycles. The molecule has 2 atom stereocenters. The Bertz CT molecular complexity index is 1510. The molecule has 236 valence electrons. The van der Waals surface area contributed by atoms with Crippen molar-refractivity contribution in [1.82, 2.24) is 20.0 Å². The van der Waals surface area contributed by atoms with Gasteiger partial charge in [-0.05, 0) is 86.4 Å². The van der Waals surface area contributed by atoms with Crippen molar-refractivity contribution >= 4 is 17.8 Å². The van der Waals surface area contributed by atoms with E-state index in [1.165, 1.54) is 32.7 Å². The summed E-state index contributed by atoms with van der Waals surface area (Å²) in [7, 11) is 0. The Kier molecular flexibility index (Phi) is 9.36. The van der Waals surface area contributed by atoms with Crippen LogP contribution in [-0.2, 0) is 24.4 Å². The van der Waals surface area contributed by atoms with Crippen LogP contribution < -0.4 is 5.32 Å². The number of hydrogen-bond acceptors (Lipinski definition) is 4. The molecule has 0 bridgehead atoms. The van der Waals surface area contributed by atoms with Crippen molar-refractivity contribution in [2.45, 2.75) is 91.0 Å². The predicted octanol–water partition coefficient (Wildman–Crippen LogP) is 6.53. The molecule has 2 aliphatic heterocycles. The fourth-order valence-corrected chi connectivity index (χ4v) is 7.61. The van der Waals surface area contributed by atoms with E-state index in [1.807, 2.05) is 35.2 Å². The first kappa shape index (κ1) is 31.0. The first-order valence-electron chi connectivity index (χ1n) is 16.6. The molecule has 1 N–H and O–H groups in total. The number of piperidine rings is 1. The van der Waals surface area contributed by atoms with Gasteiger partial charge in [0.05, 0.1) is 12.5 Å². The van der Waals surface area contributed by atoms with E-state index in [4.69, 9.17) is 0 Å². The van der Waals surface area contributed by atoms with Crippen LogP contribution in [0.5, 0.6) is 0 Å². The minimum absolute atomic E-state index is 0.0496. The standard InChI is InChI=1S/C38H46N4O3/c1-26-21-27(2)34(28(3)22-26)25-41-35-12-8-7-11-33(35)37(44)42(38(41)45)24-30-13-15-31(16-14-30)36(43)39-32-17-19-40(20-18-32)23-29-9-5-4-6-10-29/h4-6,9-10,13-16,21-22,32-33,35H,7-8,11-12,17-20,23-25H2,1-3H3,(H,39,43). The third-order valence-electron chi connectivity index (χ3n) is 10.1. The highest BCUT2D eigenvalue weighted by atomic mass is 16.2. The Hall–Kier alpha value is -3.97. The Morgan fingerprint density at radius 3 is 2.11 bits per heavy atom. The van der Waals surface area contributed by atoms with Crippen LogP contribution in [0.4, 0.5) is 4.79 Å². The van der Waals surface area contributed by atoms with Gasteiger partial charge in [-0.25, -0.2) is 4.79 Å². The number of fused-ring (bicyclic) bond motifs is 1. The number of hydrogen-bond donors (Lipinski definition) is 1. The summed E-state index contributed by atoms with van der Waals surface area (Å²) in [5.74, 6) is -0.293.